The molecule has 0 amide bonds. The van der Waals surface area contributed by atoms with E-state index in [0.29, 0.717) is 11.1 Å². The summed E-state index contributed by atoms with van der Waals surface area (Å²) in [5.74, 6) is 0.660. The first kappa shape index (κ1) is 17.5. The maximum absolute atomic E-state index is 13.1. The Labute approximate surface area is 148 Å². The molecule has 2 heterocycles. The monoisotopic (exact) mass is 352 g/mol. The third-order valence-electron chi connectivity index (χ3n) is 5.02. The normalized spacial score (nSPS) is 22.4. The minimum atomic E-state index is -0.294. The van der Waals surface area contributed by atoms with Crippen molar-refractivity contribution in [2.45, 2.75) is 31.7 Å². The van der Waals surface area contributed by atoms with Gasteiger partial charge in [-0.3, -0.25) is 9.89 Å². The van der Waals surface area contributed by atoms with Gasteiger partial charge in [0.1, 0.15) is 5.82 Å². The number of rotatable bonds is 4. The van der Waals surface area contributed by atoms with Crippen LogP contribution in [-0.4, -0.2) is 61.6 Å². The Balaban J connectivity index is 1.48. The van der Waals surface area contributed by atoms with Crippen molar-refractivity contribution in [2.24, 2.45) is 4.99 Å². The van der Waals surface area contributed by atoms with Gasteiger partial charge in [-0.1, -0.05) is 17.7 Å². The zero-order chi connectivity index (χ0) is 16.9. The number of nitrogens with zero attached hydrogens (tertiary/aromatic N) is 3. The summed E-state index contributed by atoms with van der Waals surface area (Å²) in [4.78, 5) is 9.38. The first-order valence-electron chi connectivity index (χ1n) is 8.81. The summed E-state index contributed by atoms with van der Waals surface area (Å²) in [5.41, 5.74) is 0.956. The molecular formula is C18H26ClFN4. The number of hydrogen-bond donors (Lipinski definition) is 1. The topological polar surface area (TPSA) is 30.9 Å². The van der Waals surface area contributed by atoms with Crippen molar-refractivity contribution in [1.29, 1.82) is 0 Å². The number of aliphatic imine (C=N–C) groups is 1. The van der Waals surface area contributed by atoms with Gasteiger partial charge in [-0.15, -0.1) is 0 Å². The average Bonchev–Trinajstić information content (AvgIpc) is 3.24. The van der Waals surface area contributed by atoms with E-state index in [1.165, 1.54) is 44.5 Å². The minimum absolute atomic E-state index is 0.294. The zero-order valence-corrected chi connectivity index (χ0v) is 15.0. The second-order valence-electron chi connectivity index (χ2n) is 6.59. The smallest absolute Gasteiger partial charge is 0.193 e. The maximum Gasteiger partial charge on any atom is 0.193 e. The lowest BCUT2D eigenvalue weighted by molar-refractivity contribution is 0.249. The quantitative estimate of drug-likeness (QED) is 0.667. The van der Waals surface area contributed by atoms with Crippen LogP contribution < -0.4 is 5.32 Å². The fourth-order valence-corrected chi connectivity index (χ4v) is 3.97. The molecule has 2 fully saturated rings. The summed E-state index contributed by atoms with van der Waals surface area (Å²) in [7, 11) is 1.83. The van der Waals surface area contributed by atoms with Gasteiger partial charge in [-0.25, -0.2) is 4.39 Å². The van der Waals surface area contributed by atoms with E-state index in [1.54, 1.807) is 6.07 Å². The zero-order valence-electron chi connectivity index (χ0n) is 14.3. The van der Waals surface area contributed by atoms with Crippen molar-refractivity contribution in [3.05, 3.63) is 34.6 Å². The van der Waals surface area contributed by atoms with Crippen LogP contribution in [0.1, 0.15) is 24.8 Å². The van der Waals surface area contributed by atoms with Crippen LogP contribution in [0.2, 0.25) is 5.02 Å². The highest BCUT2D eigenvalue weighted by molar-refractivity contribution is 6.31. The second-order valence-corrected chi connectivity index (χ2v) is 7.00. The molecule has 0 bridgehead atoms. The molecule has 6 heteroatoms. The van der Waals surface area contributed by atoms with Gasteiger partial charge in [0.15, 0.2) is 5.96 Å². The van der Waals surface area contributed by atoms with Crippen molar-refractivity contribution in [3.8, 4) is 0 Å². The highest BCUT2D eigenvalue weighted by Gasteiger charge is 2.30. The average molecular weight is 353 g/mol. The molecule has 1 N–H and O–H groups in total. The lowest BCUT2D eigenvalue weighted by atomic mass is 10.1. The largest absolute Gasteiger partial charge is 0.356 e. The molecule has 2 saturated heterocycles. The van der Waals surface area contributed by atoms with Gasteiger partial charge in [0.2, 0.25) is 0 Å². The molecular weight excluding hydrogens is 327 g/mol. The van der Waals surface area contributed by atoms with Crippen molar-refractivity contribution < 1.29 is 4.39 Å². The van der Waals surface area contributed by atoms with Crippen molar-refractivity contribution >= 4 is 17.6 Å². The highest BCUT2D eigenvalue weighted by Crippen LogP contribution is 2.21. The number of nitrogens with one attached hydrogen (secondary N) is 1. The SMILES string of the molecule is CN=C(NCCc1ccc(F)cc1Cl)N1CCC(N2CCCC2)C1. The lowest BCUT2D eigenvalue weighted by Crippen LogP contribution is -2.43. The summed E-state index contributed by atoms with van der Waals surface area (Å²) >= 11 is 6.08. The molecule has 2 aliphatic rings. The molecule has 1 atom stereocenters. The molecule has 2 aliphatic heterocycles. The molecule has 132 valence electrons. The molecule has 0 aromatic heterocycles. The molecule has 0 aliphatic carbocycles. The van der Waals surface area contributed by atoms with Crippen molar-refractivity contribution in [1.82, 2.24) is 15.1 Å². The number of guanidine groups is 1. The molecule has 3 rings (SSSR count). The molecule has 1 aromatic carbocycles. The predicted octanol–water partition coefficient (Wildman–Crippen LogP) is 2.77. The van der Waals surface area contributed by atoms with Crippen LogP contribution in [0.4, 0.5) is 4.39 Å². The Morgan fingerprint density at radius 3 is 2.83 bits per heavy atom. The van der Waals surface area contributed by atoms with E-state index in [9.17, 15) is 4.39 Å². The van der Waals surface area contributed by atoms with E-state index >= 15 is 0 Å². The van der Waals surface area contributed by atoms with Crippen LogP contribution in [0.5, 0.6) is 0 Å². The Morgan fingerprint density at radius 1 is 1.33 bits per heavy atom. The van der Waals surface area contributed by atoms with E-state index in [1.807, 2.05) is 7.05 Å². The van der Waals surface area contributed by atoms with Crippen LogP contribution >= 0.6 is 11.6 Å². The van der Waals surface area contributed by atoms with E-state index in [2.05, 4.69) is 20.1 Å². The van der Waals surface area contributed by atoms with E-state index in [0.717, 1.165) is 37.6 Å². The lowest BCUT2D eigenvalue weighted by Gasteiger charge is -2.25. The fraction of sp³-hybridized carbons (Fsp3) is 0.611. The van der Waals surface area contributed by atoms with Gasteiger partial charge in [0.25, 0.3) is 0 Å². The number of benzene rings is 1. The van der Waals surface area contributed by atoms with Gasteiger partial charge in [0, 0.05) is 37.7 Å². The molecule has 0 spiro atoms. The van der Waals surface area contributed by atoms with E-state index in [4.69, 9.17) is 11.6 Å². The summed E-state index contributed by atoms with van der Waals surface area (Å²) in [6.45, 7) is 5.33. The predicted molar refractivity (Wildman–Crippen MR) is 97.3 cm³/mol. The van der Waals surface area contributed by atoms with Crippen LogP contribution in [0.15, 0.2) is 23.2 Å². The summed E-state index contributed by atoms with van der Waals surface area (Å²) in [5, 5.41) is 3.91. The fourth-order valence-electron chi connectivity index (χ4n) is 3.70. The highest BCUT2D eigenvalue weighted by atomic mass is 35.5. The molecule has 24 heavy (non-hydrogen) atoms. The Morgan fingerprint density at radius 2 is 2.12 bits per heavy atom. The summed E-state index contributed by atoms with van der Waals surface area (Å²) < 4.78 is 13.1. The molecule has 1 aromatic rings. The molecule has 1 unspecified atom stereocenters. The van der Waals surface area contributed by atoms with Crippen LogP contribution in [0.25, 0.3) is 0 Å². The van der Waals surface area contributed by atoms with Crippen molar-refractivity contribution in [2.75, 3.05) is 39.8 Å². The molecule has 0 radical (unpaired) electrons. The standard InChI is InChI=1S/C18H26ClFN4/c1-21-18(22-8-6-14-4-5-15(20)12-17(14)19)24-11-7-16(13-24)23-9-2-3-10-23/h4-5,12,16H,2-3,6-11,13H2,1H3,(H,21,22). The van der Waals surface area contributed by atoms with Gasteiger partial charge in [-0.2, -0.15) is 0 Å². The van der Waals surface area contributed by atoms with Gasteiger partial charge in [0.05, 0.1) is 0 Å². The first-order chi connectivity index (χ1) is 11.7. The summed E-state index contributed by atoms with van der Waals surface area (Å²) in [6, 6.07) is 5.24. The van der Waals surface area contributed by atoms with Crippen LogP contribution in [0.3, 0.4) is 0 Å². The molecule has 4 nitrogen and oxygen atoms in total. The van der Waals surface area contributed by atoms with Crippen molar-refractivity contribution in [3.63, 3.8) is 0 Å². The second kappa shape index (κ2) is 8.17. The maximum atomic E-state index is 13.1. The van der Waals surface area contributed by atoms with Gasteiger partial charge in [-0.05, 0) is 56.5 Å². The van der Waals surface area contributed by atoms with Crippen LogP contribution in [-0.2, 0) is 6.42 Å². The van der Waals surface area contributed by atoms with Gasteiger partial charge >= 0.3 is 0 Å². The Hall–Kier alpha value is -1.33. The van der Waals surface area contributed by atoms with E-state index in [-0.39, 0.29) is 5.82 Å². The Bertz CT molecular complexity index is 586. The third kappa shape index (κ3) is 4.19. The molecule has 0 saturated carbocycles. The minimum Gasteiger partial charge on any atom is -0.356 e. The van der Waals surface area contributed by atoms with Gasteiger partial charge < -0.3 is 10.2 Å². The third-order valence-corrected chi connectivity index (χ3v) is 5.38. The van der Waals surface area contributed by atoms with Crippen LogP contribution in [0, 0.1) is 5.82 Å². The number of hydrogen-bond acceptors (Lipinski definition) is 2. The first-order valence-corrected chi connectivity index (χ1v) is 9.19. The summed E-state index contributed by atoms with van der Waals surface area (Å²) in [6.07, 6.45) is 4.63. The Kier molecular flexibility index (Phi) is 5.95. The van der Waals surface area contributed by atoms with E-state index < -0.39 is 0 Å². The number of likely N-dealkylation sites (tertiary alicyclic amines) is 2. The number of halogens is 2.